The van der Waals surface area contributed by atoms with Gasteiger partial charge in [0.05, 0.1) is 11.2 Å². The minimum absolute atomic E-state index is 0.199. The molecule has 0 fully saturated rings. The number of para-hydroxylation sites is 1. The standard InChI is InChI=1S/C54H39N7O/c1-5-17-34(18-6-1)49-55-50(35-19-7-2-8-20-35)58-53(57-49)38-29-32-45(43(33-38)54-59-51(36-21-9-3-10-22-36)56-52(60-54)37-23-11-4-12-24-37)61-44-27-15-13-25-39(44)41-30-31-42-40-26-14-16-28-46(40)62-48(42)47(41)61/h1-12,14-24,26-33,49-50,55H,13,25H2,(H,57,58). The van der Waals surface area contributed by atoms with E-state index in [4.69, 9.17) is 24.4 Å². The van der Waals surface area contributed by atoms with Crippen molar-refractivity contribution in [1.82, 2.24) is 30.2 Å². The number of nitrogens with one attached hydrogen (secondary N) is 2. The maximum absolute atomic E-state index is 6.81. The van der Waals surface area contributed by atoms with Crippen molar-refractivity contribution in [2.75, 3.05) is 0 Å². The molecule has 0 saturated heterocycles. The predicted octanol–water partition coefficient (Wildman–Crippen LogP) is 12.0. The SMILES string of the molecule is C1=Cc2c(c3ccc4c5ccccc5oc4c3n2-c2ccc(C3=NC(c4ccccc4)NC(c4ccccc4)N3)cc2-c2nc(-c3ccccc3)nc(-c3ccccc3)n2)CC1. The lowest BCUT2D eigenvalue weighted by atomic mass is 10.00. The zero-order valence-electron chi connectivity index (χ0n) is 33.6. The minimum atomic E-state index is -0.292. The smallest absolute Gasteiger partial charge is 0.166 e. The average Bonchev–Trinajstić information content (AvgIpc) is 3.91. The number of hydrogen-bond donors (Lipinski definition) is 2. The van der Waals surface area contributed by atoms with Crippen molar-refractivity contribution < 1.29 is 4.42 Å². The Morgan fingerprint density at radius 2 is 1.19 bits per heavy atom. The molecule has 12 rings (SSSR count). The molecule has 0 spiro atoms. The summed E-state index contributed by atoms with van der Waals surface area (Å²) in [7, 11) is 0. The predicted molar refractivity (Wildman–Crippen MR) is 249 cm³/mol. The van der Waals surface area contributed by atoms with Crippen LogP contribution in [0.3, 0.4) is 0 Å². The normalized spacial score (nSPS) is 16.0. The molecule has 1 aliphatic heterocycles. The number of nitrogens with zero attached hydrogens (tertiary/aromatic N) is 5. The number of furan rings is 1. The molecule has 3 aromatic heterocycles. The Kier molecular flexibility index (Phi) is 8.67. The Hall–Kier alpha value is -7.94. The molecule has 2 atom stereocenters. The topological polar surface area (TPSA) is 93.2 Å². The van der Waals surface area contributed by atoms with Gasteiger partial charge in [-0.1, -0.05) is 152 Å². The van der Waals surface area contributed by atoms with Crippen LogP contribution in [-0.2, 0) is 6.42 Å². The van der Waals surface area contributed by atoms with Crippen molar-refractivity contribution in [3.63, 3.8) is 0 Å². The van der Waals surface area contributed by atoms with Gasteiger partial charge >= 0.3 is 0 Å². The van der Waals surface area contributed by atoms with Gasteiger partial charge in [-0.25, -0.2) is 19.9 Å². The van der Waals surface area contributed by atoms with Gasteiger partial charge in [-0.2, -0.15) is 0 Å². The molecule has 7 aromatic carbocycles. The summed E-state index contributed by atoms with van der Waals surface area (Å²) in [6, 6.07) is 60.5. The zero-order valence-corrected chi connectivity index (χ0v) is 33.6. The molecule has 62 heavy (non-hydrogen) atoms. The van der Waals surface area contributed by atoms with Gasteiger partial charge < -0.3 is 14.3 Å². The van der Waals surface area contributed by atoms with Crippen LogP contribution >= 0.6 is 0 Å². The highest BCUT2D eigenvalue weighted by Gasteiger charge is 2.29. The third-order valence-electron chi connectivity index (χ3n) is 12.0. The molecule has 0 saturated carbocycles. The van der Waals surface area contributed by atoms with E-state index in [9.17, 15) is 0 Å². The second-order valence-corrected chi connectivity index (χ2v) is 15.8. The van der Waals surface area contributed by atoms with Crippen LogP contribution in [0.2, 0.25) is 0 Å². The first-order valence-electron chi connectivity index (χ1n) is 21.1. The van der Waals surface area contributed by atoms with E-state index in [1.807, 2.05) is 84.9 Å². The second kappa shape index (κ2) is 15.0. The van der Waals surface area contributed by atoms with Crippen LogP contribution in [0.1, 0.15) is 46.7 Å². The van der Waals surface area contributed by atoms with Crippen molar-refractivity contribution >= 4 is 44.8 Å². The Balaban J connectivity index is 1.14. The summed E-state index contributed by atoms with van der Waals surface area (Å²) in [5, 5.41) is 10.9. The maximum atomic E-state index is 6.81. The Morgan fingerprint density at radius 1 is 0.565 bits per heavy atom. The van der Waals surface area contributed by atoms with Crippen LogP contribution in [0, 0.1) is 0 Å². The third kappa shape index (κ3) is 6.19. The molecular formula is C54H39N7O. The molecule has 4 heterocycles. The monoisotopic (exact) mass is 801 g/mol. The van der Waals surface area contributed by atoms with Gasteiger partial charge in [0, 0.05) is 44.1 Å². The number of fused-ring (bicyclic) bond motifs is 7. The van der Waals surface area contributed by atoms with Crippen molar-refractivity contribution in [2.45, 2.75) is 25.2 Å². The van der Waals surface area contributed by atoms with Gasteiger partial charge in [0.15, 0.2) is 23.1 Å². The van der Waals surface area contributed by atoms with Crippen molar-refractivity contribution in [2.24, 2.45) is 4.99 Å². The highest BCUT2D eigenvalue weighted by Crippen LogP contribution is 2.43. The lowest BCUT2D eigenvalue weighted by molar-refractivity contribution is 0.409. The number of aliphatic imine (C=N–C) groups is 1. The fourth-order valence-electron chi connectivity index (χ4n) is 9.06. The molecule has 0 radical (unpaired) electrons. The lowest BCUT2D eigenvalue weighted by Gasteiger charge is -2.32. The number of hydrogen-bond acceptors (Lipinski definition) is 7. The van der Waals surface area contributed by atoms with Crippen LogP contribution in [-0.4, -0.2) is 25.4 Å². The van der Waals surface area contributed by atoms with E-state index >= 15 is 0 Å². The van der Waals surface area contributed by atoms with Gasteiger partial charge in [0.2, 0.25) is 0 Å². The summed E-state index contributed by atoms with van der Waals surface area (Å²) >= 11 is 0. The van der Waals surface area contributed by atoms with Crippen molar-refractivity contribution in [1.29, 1.82) is 0 Å². The molecule has 1 aliphatic carbocycles. The first-order valence-corrected chi connectivity index (χ1v) is 21.1. The van der Waals surface area contributed by atoms with E-state index in [0.29, 0.717) is 17.5 Å². The Morgan fingerprint density at radius 3 is 1.92 bits per heavy atom. The van der Waals surface area contributed by atoms with E-state index < -0.39 is 0 Å². The fraction of sp³-hybridized carbons (Fsp3) is 0.0741. The number of amidine groups is 1. The highest BCUT2D eigenvalue weighted by atomic mass is 16.3. The number of aromatic nitrogens is 4. The van der Waals surface area contributed by atoms with Gasteiger partial charge in [0.1, 0.15) is 23.8 Å². The van der Waals surface area contributed by atoms with Crippen molar-refractivity contribution in [3.05, 3.63) is 210 Å². The third-order valence-corrected chi connectivity index (χ3v) is 12.0. The molecule has 2 N–H and O–H groups in total. The number of aryl methyl sites for hydroxylation is 1. The molecule has 0 amide bonds. The molecule has 2 aliphatic rings. The van der Waals surface area contributed by atoms with Crippen LogP contribution in [0.25, 0.3) is 78.8 Å². The first kappa shape index (κ1) is 36.0. The van der Waals surface area contributed by atoms with Gasteiger partial charge in [-0.15, -0.1) is 0 Å². The first-order chi connectivity index (χ1) is 30.7. The van der Waals surface area contributed by atoms with Crippen molar-refractivity contribution in [3.8, 4) is 39.9 Å². The number of rotatable bonds is 7. The summed E-state index contributed by atoms with van der Waals surface area (Å²) in [4.78, 5) is 21.1. The van der Waals surface area contributed by atoms with E-state index in [1.54, 1.807) is 0 Å². The summed E-state index contributed by atoms with van der Waals surface area (Å²) in [5.41, 5.74) is 11.8. The molecule has 0 bridgehead atoms. The average molecular weight is 802 g/mol. The number of benzene rings is 7. The van der Waals surface area contributed by atoms with E-state index in [1.165, 1.54) is 10.9 Å². The highest BCUT2D eigenvalue weighted by molar-refractivity contribution is 6.16. The molecule has 8 heteroatoms. The Labute approximate surface area is 358 Å². The zero-order chi connectivity index (χ0) is 41.0. The van der Waals surface area contributed by atoms with E-state index in [2.05, 4.69) is 118 Å². The molecular weight excluding hydrogens is 763 g/mol. The summed E-state index contributed by atoms with van der Waals surface area (Å²) in [6.07, 6.45) is 5.93. The van der Waals surface area contributed by atoms with Crippen LogP contribution in [0.5, 0.6) is 0 Å². The molecule has 8 nitrogen and oxygen atoms in total. The van der Waals surface area contributed by atoms with Crippen LogP contribution < -0.4 is 10.6 Å². The van der Waals surface area contributed by atoms with Gasteiger partial charge in [-0.3, -0.25) is 5.32 Å². The minimum Gasteiger partial charge on any atom is -0.454 e. The summed E-state index contributed by atoms with van der Waals surface area (Å²) < 4.78 is 9.18. The molecule has 296 valence electrons. The number of allylic oxidation sites excluding steroid dienone is 1. The molecule has 2 unspecified atom stereocenters. The summed E-state index contributed by atoms with van der Waals surface area (Å²) in [5.74, 6) is 2.50. The second-order valence-electron chi connectivity index (χ2n) is 15.8. The van der Waals surface area contributed by atoms with Gasteiger partial charge in [0.25, 0.3) is 0 Å². The van der Waals surface area contributed by atoms with Crippen LogP contribution in [0.4, 0.5) is 0 Å². The summed E-state index contributed by atoms with van der Waals surface area (Å²) in [6.45, 7) is 0. The lowest BCUT2D eigenvalue weighted by Crippen LogP contribution is -2.44. The maximum Gasteiger partial charge on any atom is 0.166 e. The largest absolute Gasteiger partial charge is 0.454 e. The Bertz CT molecular complexity index is 3300. The quantitative estimate of drug-likeness (QED) is 0.167. The van der Waals surface area contributed by atoms with Crippen LogP contribution in [0.15, 0.2) is 191 Å². The fourth-order valence-corrected chi connectivity index (χ4v) is 9.06. The van der Waals surface area contributed by atoms with Gasteiger partial charge in [-0.05, 0) is 65.9 Å². The van der Waals surface area contributed by atoms with E-state index in [-0.39, 0.29) is 12.3 Å². The molecule has 10 aromatic rings. The van der Waals surface area contributed by atoms with E-state index in [0.717, 1.165) is 90.9 Å².